The van der Waals surface area contributed by atoms with Gasteiger partial charge in [-0.25, -0.2) is 4.57 Å². The fourth-order valence-electron chi connectivity index (χ4n) is 4.30. The van der Waals surface area contributed by atoms with E-state index in [1.807, 2.05) is 0 Å². The van der Waals surface area contributed by atoms with Gasteiger partial charge in [-0.05, 0) is 30.7 Å². The number of hydrogen-bond acceptors (Lipinski definition) is 10. The molecule has 0 amide bonds. The summed E-state index contributed by atoms with van der Waals surface area (Å²) in [5.74, 6) is -0.112. The first-order valence-corrected chi connectivity index (χ1v) is 12.7. The van der Waals surface area contributed by atoms with Crippen LogP contribution in [0.2, 0.25) is 5.02 Å². The number of aliphatic hydroxyl groups is 2. The van der Waals surface area contributed by atoms with Crippen molar-refractivity contribution in [2.75, 3.05) is 18.9 Å². The summed E-state index contributed by atoms with van der Waals surface area (Å²) in [5.41, 5.74) is 4.29. The van der Waals surface area contributed by atoms with E-state index >= 15 is 0 Å². The lowest BCUT2D eigenvalue weighted by Crippen LogP contribution is -2.44. The van der Waals surface area contributed by atoms with Crippen molar-refractivity contribution in [1.82, 2.24) is 14.5 Å². The van der Waals surface area contributed by atoms with Crippen LogP contribution in [0.4, 0.5) is 5.95 Å². The highest BCUT2D eigenvalue weighted by Gasteiger charge is 2.54. The Morgan fingerprint density at radius 1 is 1.43 bits per heavy atom. The number of phosphoric ester groups is 1. The van der Waals surface area contributed by atoms with E-state index in [1.165, 1.54) is 23.8 Å². The maximum atomic E-state index is 13.1. The van der Waals surface area contributed by atoms with Gasteiger partial charge in [-0.15, -0.1) is 0 Å². The highest BCUT2D eigenvalue weighted by atomic mass is 35.5. The van der Waals surface area contributed by atoms with E-state index in [2.05, 4.69) is 9.97 Å². The van der Waals surface area contributed by atoms with Crippen molar-refractivity contribution in [1.29, 1.82) is 0 Å². The molecular weight excluding hydrogens is 503 g/mol. The molecule has 0 saturated carbocycles. The Balaban J connectivity index is 1.33. The van der Waals surface area contributed by atoms with Crippen molar-refractivity contribution < 1.29 is 33.1 Å². The molecule has 3 aromatic rings. The van der Waals surface area contributed by atoms with Crippen molar-refractivity contribution >= 4 is 36.4 Å². The number of nitrogens with zero attached hydrogens (tertiary/aromatic N) is 2. The average Bonchev–Trinajstić information content (AvgIpc) is 3.31. The molecule has 1 aromatic carbocycles. The monoisotopic (exact) mass is 526 g/mol. The smallest absolute Gasteiger partial charge is 0.387 e. The fourth-order valence-corrected chi connectivity index (χ4v) is 5.90. The molecule has 4 heterocycles. The van der Waals surface area contributed by atoms with Gasteiger partial charge in [0, 0.05) is 17.6 Å². The number of aliphatic hydroxyl groups excluding tert-OH is 1. The molecule has 35 heavy (non-hydrogen) atoms. The number of ether oxygens (including phenoxy) is 1. The van der Waals surface area contributed by atoms with Crippen LogP contribution in [0.1, 0.15) is 31.2 Å². The predicted octanol–water partition coefficient (Wildman–Crippen LogP) is 2.27. The zero-order valence-corrected chi connectivity index (χ0v) is 20.2. The van der Waals surface area contributed by atoms with E-state index in [0.29, 0.717) is 11.4 Å². The normalized spacial score (nSPS) is 33.4. The second-order valence-electron chi connectivity index (χ2n) is 8.62. The summed E-state index contributed by atoms with van der Waals surface area (Å²) in [6.07, 6.45) is -2.30. The van der Waals surface area contributed by atoms with Gasteiger partial charge in [0.25, 0.3) is 5.56 Å². The summed E-state index contributed by atoms with van der Waals surface area (Å²) in [6.45, 7) is 1.10. The topological polar surface area (TPSA) is 171 Å². The van der Waals surface area contributed by atoms with Gasteiger partial charge in [0.05, 0.1) is 24.7 Å². The maximum absolute atomic E-state index is 13.1. The number of rotatable bonds is 5. The molecule has 188 valence electrons. The van der Waals surface area contributed by atoms with Crippen molar-refractivity contribution in [3.63, 3.8) is 0 Å². The van der Waals surface area contributed by atoms with Gasteiger partial charge in [-0.3, -0.25) is 23.3 Å². The second kappa shape index (κ2) is 8.99. The summed E-state index contributed by atoms with van der Waals surface area (Å²) in [6, 6.07) is 8.48. The van der Waals surface area contributed by atoms with E-state index in [9.17, 15) is 19.6 Å². The number of halogens is 1. The van der Waals surface area contributed by atoms with E-state index < -0.39 is 50.1 Å². The van der Waals surface area contributed by atoms with Crippen LogP contribution in [0.15, 0.2) is 41.3 Å². The largest absolute Gasteiger partial charge is 0.475 e. The standard InChI is InChI=1S/C21H24ClN4O8P/c1-21(29)16(27)15(33-19(21)26-7-5-13-17(26)24-20(23)25-18(13)28)10-32-35(30)31-8-6-14(34-35)11-3-2-4-12(22)9-11/h2-5,7,9,14-16,19,27,29H,6,8,10H2,1H3,(H3,23,24,25,28)/t14-,15-,16-,19-,21-,35-/m1/s1. The first-order chi connectivity index (χ1) is 16.6. The molecule has 2 aliphatic heterocycles. The molecule has 0 bridgehead atoms. The van der Waals surface area contributed by atoms with Gasteiger partial charge >= 0.3 is 7.82 Å². The fraction of sp³-hybridized carbons (Fsp3) is 0.429. The van der Waals surface area contributed by atoms with Crippen LogP contribution in [0.25, 0.3) is 11.0 Å². The van der Waals surface area contributed by atoms with E-state index in [1.54, 1.807) is 24.3 Å². The first-order valence-electron chi connectivity index (χ1n) is 10.8. The van der Waals surface area contributed by atoms with Crippen LogP contribution in [0, 0.1) is 0 Å². The zero-order chi connectivity index (χ0) is 25.0. The minimum Gasteiger partial charge on any atom is -0.387 e. The lowest BCUT2D eigenvalue weighted by Gasteiger charge is -2.30. The molecule has 0 aliphatic carbocycles. The highest BCUT2D eigenvalue weighted by Crippen LogP contribution is 2.57. The molecule has 0 radical (unpaired) electrons. The Hall–Kier alpha value is -2.28. The molecule has 12 nitrogen and oxygen atoms in total. The second-order valence-corrected chi connectivity index (χ2v) is 10.7. The molecule has 5 rings (SSSR count). The number of hydrogen-bond donors (Lipinski definition) is 4. The molecule has 6 atom stereocenters. The highest BCUT2D eigenvalue weighted by molar-refractivity contribution is 7.48. The molecule has 5 N–H and O–H groups in total. The Morgan fingerprint density at radius 2 is 2.23 bits per heavy atom. The van der Waals surface area contributed by atoms with Crippen molar-refractivity contribution in [3.05, 3.63) is 57.5 Å². The van der Waals surface area contributed by atoms with Crippen LogP contribution < -0.4 is 11.3 Å². The van der Waals surface area contributed by atoms with E-state index in [4.69, 9.17) is 35.6 Å². The molecule has 2 saturated heterocycles. The van der Waals surface area contributed by atoms with Crippen LogP contribution in [0.3, 0.4) is 0 Å². The summed E-state index contributed by atoms with van der Waals surface area (Å²) < 4.78 is 36.8. The summed E-state index contributed by atoms with van der Waals surface area (Å²) in [7, 11) is -4.00. The number of phosphoric acid groups is 1. The van der Waals surface area contributed by atoms with Gasteiger partial charge in [-0.1, -0.05) is 23.7 Å². The third-order valence-electron chi connectivity index (χ3n) is 6.11. The molecular formula is C21H24ClN4O8P. The Kier molecular flexibility index (Phi) is 6.27. The number of aromatic amines is 1. The molecule has 2 fully saturated rings. The van der Waals surface area contributed by atoms with E-state index in [-0.39, 0.29) is 23.6 Å². The van der Waals surface area contributed by atoms with Crippen LogP contribution in [0.5, 0.6) is 0 Å². The van der Waals surface area contributed by atoms with Crippen molar-refractivity contribution in [2.24, 2.45) is 0 Å². The Morgan fingerprint density at radius 3 is 3.00 bits per heavy atom. The SMILES string of the molecule is C[C@@]1(O)[C@H](O)[C@@H](CO[P@@]2(=O)OCC[C@H](c3cccc(Cl)c3)O2)O[C@H]1n1ccc2c(=O)[nH]c(N)nc21. The Bertz CT molecular complexity index is 1360. The predicted molar refractivity (Wildman–Crippen MR) is 125 cm³/mol. The Labute approximate surface area is 204 Å². The number of nitrogens with two attached hydrogens (primary N) is 1. The molecule has 2 aliphatic rings. The van der Waals surface area contributed by atoms with Gasteiger partial charge in [0.15, 0.2) is 11.9 Å². The summed E-state index contributed by atoms with van der Waals surface area (Å²) in [5, 5.41) is 22.6. The third kappa shape index (κ3) is 4.52. The van der Waals surface area contributed by atoms with E-state index in [0.717, 1.165) is 5.56 Å². The lowest BCUT2D eigenvalue weighted by molar-refractivity contribution is -0.0950. The minimum atomic E-state index is -4.00. The number of aromatic nitrogens is 3. The maximum Gasteiger partial charge on any atom is 0.475 e. The first kappa shape index (κ1) is 24.4. The number of fused-ring (bicyclic) bond motifs is 1. The molecule has 2 aromatic heterocycles. The van der Waals surface area contributed by atoms with Crippen molar-refractivity contribution in [2.45, 2.75) is 43.5 Å². The van der Waals surface area contributed by atoms with Gasteiger partial charge in [-0.2, -0.15) is 4.98 Å². The number of H-pyrrole nitrogens is 1. The molecule has 0 spiro atoms. The minimum absolute atomic E-state index is 0.112. The number of nitrogen functional groups attached to an aromatic ring is 1. The zero-order valence-electron chi connectivity index (χ0n) is 18.5. The van der Waals surface area contributed by atoms with Crippen molar-refractivity contribution in [3.8, 4) is 0 Å². The van der Waals surface area contributed by atoms with Crippen LogP contribution in [-0.4, -0.2) is 55.8 Å². The lowest BCUT2D eigenvalue weighted by atomic mass is 9.96. The summed E-state index contributed by atoms with van der Waals surface area (Å²) in [4.78, 5) is 18.7. The number of benzene rings is 1. The van der Waals surface area contributed by atoms with Crippen LogP contribution in [-0.2, 0) is 22.9 Å². The number of anilines is 1. The molecule has 14 heteroatoms. The number of nitrogens with one attached hydrogen (secondary N) is 1. The van der Waals surface area contributed by atoms with Gasteiger partial charge < -0.3 is 25.3 Å². The molecule has 0 unspecified atom stereocenters. The van der Waals surface area contributed by atoms with Gasteiger partial charge in [0.1, 0.15) is 17.8 Å². The van der Waals surface area contributed by atoms with Crippen LogP contribution >= 0.6 is 19.4 Å². The van der Waals surface area contributed by atoms with Gasteiger partial charge in [0.2, 0.25) is 5.95 Å². The quantitative estimate of drug-likeness (QED) is 0.361. The average molecular weight is 527 g/mol. The summed E-state index contributed by atoms with van der Waals surface area (Å²) >= 11 is 6.05. The third-order valence-corrected chi connectivity index (χ3v) is 7.82.